The van der Waals surface area contributed by atoms with Crippen molar-refractivity contribution in [2.45, 2.75) is 0 Å². The number of imidazole rings is 2. The SMILES string of the molecule is Cn1cc(NC(=O)c2ccc(C(=O)c3ccc(C(=O)Nc4cn(C)c(C(=O)NCCN5CCOCC5)n4)cc3)cc2)nc1C(=O)NCCN1CCOCC1. The lowest BCUT2D eigenvalue weighted by Crippen LogP contribution is -2.41. The molecule has 0 aliphatic carbocycles. The van der Waals surface area contributed by atoms with E-state index in [-0.39, 0.29) is 40.9 Å². The monoisotopic (exact) mass is 740 g/mol. The number of ketones is 1. The summed E-state index contributed by atoms with van der Waals surface area (Å²) in [6.07, 6.45) is 3.11. The number of aryl methyl sites for hydroxylation is 2. The number of hydrogen-bond acceptors (Lipinski definition) is 11. The van der Waals surface area contributed by atoms with E-state index >= 15 is 0 Å². The molecular weight excluding hydrogens is 696 g/mol. The largest absolute Gasteiger partial charge is 0.379 e. The van der Waals surface area contributed by atoms with E-state index in [4.69, 9.17) is 9.47 Å². The van der Waals surface area contributed by atoms with Crippen LogP contribution in [0.5, 0.6) is 0 Å². The van der Waals surface area contributed by atoms with Crippen LogP contribution < -0.4 is 21.3 Å². The van der Waals surface area contributed by atoms with Crippen LogP contribution in [0.25, 0.3) is 0 Å². The van der Waals surface area contributed by atoms with Crippen LogP contribution in [0, 0.1) is 0 Å². The Hall–Kier alpha value is -5.75. The summed E-state index contributed by atoms with van der Waals surface area (Å²) in [4.78, 5) is 77.5. The highest BCUT2D eigenvalue weighted by atomic mass is 16.5. The molecule has 4 aromatic rings. The number of aromatic nitrogens is 4. The van der Waals surface area contributed by atoms with E-state index in [2.05, 4.69) is 41.0 Å². The predicted octanol–water partition coefficient (Wildman–Crippen LogP) is 1.01. The van der Waals surface area contributed by atoms with Gasteiger partial charge in [0.25, 0.3) is 23.6 Å². The van der Waals surface area contributed by atoms with Crippen molar-refractivity contribution in [3.63, 3.8) is 0 Å². The van der Waals surface area contributed by atoms with Gasteiger partial charge in [0.1, 0.15) is 0 Å². The van der Waals surface area contributed by atoms with Crippen molar-refractivity contribution in [2.75, 3.05) is 89.4 Å². The maximum Gasteiger partial charge on any atom is 0.287 e. The summed E-state index contributed by atoms with van der Waals surface area (Å²) in [6, 6.07) is 12.3. The van der Waals surface area contributed by atoms with E-state index in [1.165, 1.54) is 24.3 Å². The Bertz CT molecular complexity index is 1820. The number of nitrogens with zero attached hydrogens (tertiary/aromatic N) is 6. The van der Waals surface area contributed by atoms with Gasteiger partial charge in [0.2, 0.25) is 11.6 Å². The lowest BCUT2D eigenvalue weighted by Gasteiger charge is -2.26. The molecule has 17 heteroatoms. The molecule has 284 valence electrons. The van der Waals surface area contributed by atoms with Crippen LogP contribution in [-0.4, -0.2) is 137 Å². The summed E-state index contributed by atoms with van der Waals surface area (Å²) in [7, 11) is 3.35. The van der Waals surface area contributed by atoms with E-state index < -0.39 is 11.8 Å². The fourth-order valence-electron chi connectivity index (χ4n) is 6.03. The number of hydrogen-bond donors (Lipinski definition) is 4. The second kappa shape index (κ2) is 17.8. The minimum atomic E-state index is -0.453. The van der Waals surface area contributed by atoms with Gasteiger partial charge in [0.15, 0.2) is 17.4 Å². The van der Waals surface area contributed by atoms with Gasteiger partial charge >= 0.3 is 0 Å². The molecule has 0 unspecified atom stereocenters. The summed E-state index contributed by atoms with van der Waals surface area (Å²) in [6.45, 7) is 8.38. The second-order valence-corrected chi connectivity index (χ2v) is 12.9. The number of amides is 4. The van der Waals surface area contributed by atoms with Crippen LogP contribution in [0.2, 0.25) is 0 Å². The van der Waals surface area contributed by atoms with E-state index in [1.807, 2.05) is 0 Å². The number of carbonyl (C=O) groups excluding carboxylic acids is 5. The molecule has 0 bridgehead atoms. The molecule has 4 N–H and O–H groups in total. The Labute approximate surface area is 312 Å². The molecule has 6 rings (SSSR count). The Morgan fingerprint density at radius 1 is 0.556 bits per heavy atom. The summed E-state index contributed by atoms with van der Waals surface area (Å²) in [5.41, 5.74) is 1.29. The summed E-state index contributed by atoms with van der Waals surface area (Å²) >= 11 is 0. The average molecular weight is 741 g/mol. The molecule has 17 nitrogen and oxygen atoms in total. The molecule has 0 radical (unpaired) electrons. The zero-order valence-corrected chi connectivity index (χ0v) is 30.3. The number of nitrogens with one attached hydrogen (secondary N) is 4. The van der Waals surface area contributed by atoms with Gasteiger partial charge in [0.05, 0.1) is 26.4 Å². The van der Waals surface area contributed by atoms with Crippen molar-refractivity contribution in [1.82, 2.24) is 39.5 Å². The fraction of sp³-hybridized carbons (Fsp3) is 0.378. The zero-order chi connectivity index (χ0) is 38.0. The predicted molar refractivity (Wildman–Crippen MR) is 198 cm³/mol. The normalized spacial score (nSPS) is 15.0. The molecule has 0 atom stereocenters. The lowest BCUT2D eigenvalue weighted by molar-refractivity contribution is 0.0382. The van der Waals surface area contributed by atoms with E-state index in [9.17, 15) is 24.0 Å². The molecule has 54 heavy (non-hydrogen) atoms. The Morgan fingerprint density at radius 3 is 1.28 bits per heavy atom. The number of anilines is 2. The van der Waals surface area contributed by atoms with Crippen LogP contribution in [0.3, 0.4) is 0 Å². The standard InChI is InChI=1S/C37H44N10O7/c1-44-23-29(40-32(44)36(51)38-11-13-46-15-19-53-20-16-46)42-34(49)27-7-3-25(4-8-27)31(48)26-5-9-28(10-6-26)35(50)43-30-24-45(2)33(41-30)37(52)39-12-14-47-17-21-54-22-18-47/h3-10,23-24H,11-22H2,1-2H3,(H,38,51)(H,39,52)(H,42,49)(H,43,50). The maximum absolute atomic E-state index is 13.2. The molecule has 2 aliphatic heterocycles. The molecule has 0 spiro atoms. The highest BCUT2D eigenvalue weighted by Crippen LogP contribution is 2.16. The molecule has 4 heterocycles. The third-order valence-corrected chi connectivity index (χ3v) is 9.10. The van der Waals surface area contributed by atoms with Crippen LogP contribution in [0.4, 0.5) is 11.6 Å². The minimum absolute atomic E-state index is 0.165. The first-order valence-electron chi connectivity index (χ1n) is 17.8. The Kier molecular flexibility index (Phi) is 12.6. The third-order valence-electron chi connectivity index (χ3n) is 9.10. The third kappa shape index (κ3) is 9.81. The zero-order valence-electron chi connectivity index (χ0n) is 30.3. The van der Waals surface area contributed by atoms with Crippen molar-refractivity contribution in [2.24, 2.45) is 14.1 Å². The minimum Gasteiger partial charge on any atom is -0.379 e. The van der Waals surface area contributed by atoms with Crippen LogP contribution in [0.1, 0.15) is 57.9 Å². The summed E-state index contributed by atoms with van der Waals surface area (Å²) in [5.74, 6) is -1.13. The van der Waals surface area contributed by atoms with Crippen molar-refractivity contribution in [3.05, 3.63) is 94.8 Å². The topological polar surface area (TPSA) is 194 Å². The van der Waals surface area contributed by atoms with E-state index in [0.29, 0.717) is 74.9 Å². The van der Waals surface area contributed by atoms with Crippen LogP contribution in [0.15, 0.2) is 60.9 Å². The lowest BCUT2D eigenvalue weighted by atomic mass is 10.0. The van der Waals surface area contributed by atoms with Gasteiger partial charge in [-0.2, -0.15) is 0 Å². The quantitative estimate of drug-likeness (QED) is 0.135. The first-order chi connectivity index (χ1) is 26.1. The summed E-state index contributed by atoms with van der Waals surface area (Å²) in [5, 5.41) is 11.1. The molecule has 2 fully saturated rings. The molecule has 2 aliphatic rings. The maximum atomic E-state index is 13.2. The molecular formula is C37H44N10O7. The van der Waals surface area contributed by atoms with Gasteiger partial charge in [-0.25, -0.2) is 9.97 Å². The van der Waals surface area contributed by atoms with Crippen molar-refractivity contribution < 1.29 is 33.4 Å². The average Bonchev–Trinajstić information content (AvgIpc) is 3.75. The van der Waals surface area contributed by atoms with Gasteiger partial charge in [0, 0.05) is 101 Å². The summed E-state index contributed by atoms with van der Waals surface area (Å²) < 4.78 is 13.8. The second-order valence-electron chi connectivity index (χ2n) is 12.9. The van der Waals surface area contributed by atoms with E-state index in [1.54, 1.807) is 59.9 Å². The molecule has 2 saturated heterocycles. The Morgan fingerprint density at radius 2 is 0.907 bits per heavy atom. The van der Waals surface area contributed by atoms with Gasteiger partial charge < -0.3 is 39.9 Å². The highest BCUT2D eigenvalue weighted by Gasteiger charge is 2.20. The van der Waals surface area contributed by atoms with Gasteiger partial charge in [-0.3, -0.25) is 33.8 Å². The van der Waals surface area contributed by atoms with Crippen molar-refractivity contribution in [3.8, 4) is 0 Å². The first-order valence-corrected chi connectivity index (χ1v) is 17.8. The number of rotatable bonds is 14. The smallest absolute Gasteiger partial charge is 0.287 e. The van der Waals surface area contributed by atoms with Gasteiger partial charge in [-0.1, -0.05) is 24.3 Å². The number of ether oxygens (including phenoxy) is 2. The van der Waals surface area contributed by atoms with Crippen LogP contribution in [-0.2, 0) is 23.6 Å². The van der Waals surface area contributed by atoms with Crippen LogP contribution >= 0.6 is 0 Å². The number of benzene rings is 2. The molecule has 0 saturated carbocycles. The fourth-order valence-corrected chi connectivity index (χ4v) is 6.03. The van der Waals surface area contributed by atoms with Gasteiger partial charge in [-0.05, 0) is 24.3 Å². The molecule has 4 amide bonds. The van der Waals surface area contributed by atoms with Crippen molar-refractivity contribution in [1.29, 1.82) is 0 Å². The highest BCUT2D eigenvalue weighted by molar-refractivity contribution is 6.11. The van der Waals surface area contributed by atoms with E-state index in [0.717, 1.165) is 26.2 Å². The number of morpholine rings is 2. The van der Waals surface area contributed by atoms with Crippen molar-refractivity contribution >= 4 is 41.0 Å². The van der Waals surface area contributed by atoms with Gasteiger partial charge in [-0.15, -0.1) is 0 Å². The number of carbonyl (C=O) groups is 5. The molecule has 2 aromatic heterocycles. The first kappa shape index (κ1) is 38.0. The molecule has 2 aromatic carbocycles. The Balaban J connectivity index is 0.974.